The lowest BCUT2D eigenvalue weighted by atomic mass is 9.99. The van der Waals surface area contributed by atoms with Gasteiger partial charge in [-0.25, -0.2) is 4.98 Å². The Morgan fingerprint density at radius 1 is 1.08 bits per heavy atom. The lowest BCUT2D eigenvalue weighted by Gasteiger charge is -2.26. The van der Waals surface area contributed by atoms with Gasteiger partial charge in [0.15, 0.2) is 21.7 Å². The predicted molar refractivity (Wildman–Crippen MR) is 134 cm³/mol. The molecule has 0 aliphatic rings. The molecule has 0 bridgehead atoms. The van der Waals surface area contributed by atoms with Gasteiger partial charge < -0.3 is 56.8 Å². The molecule has 3 aromatic rings. The van der Waals surface area contributed by atoms with Crippen LogP contribution in [0.1, 0.15) is 28.5 Å². The second-order valence-electron chi connectivity index (χ2n) is 8.21. The molecule has 11 N–H and O–H groups in total. The number of phenolic OH excluding ortho intramolecular Hbond substituents is 4. The van der Waals surface area contributed by atoms with Gasteiger partial charge in [0.2, 0.25) is 23.2 Å². The van der Waals surface area contributed by atoms with Crippen LogP contribution in [-0.2, 0) is 21.7 Å². The predicted octanol–water partition coefficient (Wildman–Crippen LogP) is 0.858. The summed E-state index contributed by atoms with van der Waals surface area (Å²) in [5.41, 5.74) is 6.22. The van der Waals surface area contributed by atoms with Crippen LogP contribution in [0.5, 0.6) is 28.1 Å². The summed E-state index contributed by atoms with van der Waals surface area (Å²) in [4.78, 5) is 16.1. The van der Waals surface area contributed by atoms with E-state index >= 15 is 0 Å². The largest absolute Gasteiger partial charge is 0.504 e. The number of thiazole rings is 1. The average molecular weight is 537 g/mol. The number of carbonyl (C=O) groups is 1. The fourth-order valence-corrected chi connectivity index (χ4v) is 4.26. The maximum Gasteiger partial charge on any atom is 0.230 e. The van der Waals surface area contributed by atoms with Crippen molar-refractivity contribution in [1.29, 1.82) is 0 Å². The molecule has 13 nitrogen and oxygen atoms in total. The number of nitrogens with two attached hydrogens (primary N) is 1. The fourth-order valence-electron chi connectivity index (χ4n) is 3.67. The van der Waals surface area contributed by atoms with Gasteiger partial charge in [-0.1, -0.05) is 23.5 Å². The first-order chi connectivity index (χ1) is 17.4. The van der Waals surface area contributed by atoms with Gasteiger partial charge in [0.25, 0.3) is 0 Å². The molecule has 14 heteroatoms. The highest BCUT2D eigenvalue weighted by Crippen LogP contribution is 2.49. The number of aliphatic hydroxyl groups is 2. The van der Waals surface area contributed by atoms with E-state index in [4.69, 9.17) is 10.5 Å². The van der Waals surface area contributed by atoms with Gasteiger partial charge in [-0.2, -0.15) is 0 Å². The van der Waals surface area contributed by atoms with Crippen LogP contribution in [-0.4, -0.2) is 66.8 Å². The van der Waals surface area contributed by atoms with Gasteiger partial charge >= 0.3 is 0 Å². The molecule has 2 aromatic carbocycles. The number of nitrogen functional groups attached to an aromatic ring is 1. The number of ether oxygens (including phenoxy) is 1. The molecular formula is C23H28N4O9S. The molecule has 37 heavy (non-hydrogen) atoms. The number of aromatic hydroxyl groups is 5. The molecule has 1 unspecified atom stereocenters. The zero-order chi connectivity index (χ0) is 27.5. The molecule has 0 aliphatic carbocycles. The summed E-state index contributed by atoms with van der Waals surface area (Å²) in [6.45, 7) is 0.964. The summed E-state index contributed by atoms with van der Waals surface area (Å²) >= 11 is 0.862. The second-order valence-corrected chi connectivity index (χ2v) is 9.22. The summed E-state index contributed by atoms with van der Waals surface area (Å²) in [5.74, 6) is -5.85. The normalized spacial score (nSPS) is 12.4. The van der Waals surface area contributed by atoms with Crippen LogP contribution in [0.25, 0.3) is 0 Å². The molecule has 1 atom stereocenters. The summed E-state index contributed by atoms with van der Waals surface area (Å²) in [6, 6.07) is 5.72. The molecule has 0 radical (unpaired) electrons. The lowest BCUT2D eigenvalue weighted by Crippen LogP contribution is -2.39. The van der Waals surface area contributed by atoms with Crippen LogP contribution in [0.15, 0.2) is 24.3 Å². The maximum atomic E-state index is 12.2. The average Bonchev–Trinajstić information content (AvgIpc) is 3.16. The second kappa shape index (κ2) is 11.1. The van der Waals surface area contributed by atoms with E-state index in [0.717, 1.165) is 11.3 Å². The highest BCUT2D eigenvalue weighted by Gasteiger charge is 2.29. The Bertz CT molecular complexity index is 1250. The zero-order valence-electron chi connectivity index (χ0n) is 19.9. The van der Waals surface area contributed by atoms with E-state index < -0.39 is 40.8 Å². The van der Waals surface area contributed by atoms with Crippen molar-refractivity contribution in [3.63, 3.8) is 0 Å². The summed E-state index contributed by atoms with van der Waals surface area (Å²) in [5, 5.41) is 75.9. The number of rotatable bonds is 10. The van der Waals surface area contributed by atoms with Crippen LogP contribution in [0.2, 0.25) is 0 Å². The number of aromatic nitrogens is 1. The van der Waals surface area contributed by atoms with Gasteiger partial charge in [-0.15, -0.1) is 0 Å². The van der Waals surface area contributed by atoms with Crippen molar-refractivity contribution in [3.05, 3.63) is 46.6 Å². The number of nitrogens with one attached hydrogen (secondary N) is 2. The van der Waals surface area contributed by atoms with Crippen molar-refractivity contribution in [3.8, 4) is 28.1 Å². The van der Waals surface area contributed by atoms with E-state index in [1.807, 2.05) is 0 Å². The van der Waals surface area contributed by atoms with Gasteiger partial charge in [0.1, 0.15) is 5.69 Å². The minimum absolute atomic E-state index is 0.0121. The number of carbonyl (C=O) groups excluding carboxylic acids is 1. The van der Waals surface area contributed by atoms with Crippen LogP contribution >= 0.6 is 11.3 Å². The minimum Gasteiger partial charge on any atom is -0.504 e. The molecule has 1 heterocycles. The van der Waals surface area contributed by atoms with Crippen molar-refractivity contribution in [2.75, 3.05) is 31.2 Å². The number of amides is 1. The number of nitrogens with zero attached hydrogens (tertiary/aromatic N) is 1. The van der Waals surface area contributed by atoms with Gasteiger partial charge in [0.05, 0.1) is 19.1 Å². The zero-order valence-corrected chi connectivity index (χ0v) is 20.7. The molecule has 1 amide bonds. The number of benzene rings is 2. The smallest absolute Gasteiger partial charge is 0.230 e. The van der Waals surface area contributed by atoms with Crippen molar-refractivity contribution >= 4 is 28.1 Å². The van der Waals surface area contributed by atoms with E-state index in [1.54, 1.807) is 0 Å². The van der Waals surface area contributed by atoms with E-state index in [2.05, 4.69) is 15.6 Å². The van der Waals surface area contributed by atoms with E-state index in [1.165, 1.54) is 38.3 Å². The minimum atomic E-state index is -2.33. The number of anilines is 2. The number of hydrogen-bond acceptors (Lipinski definition) is 13. The Labute approximate surface area is 215 Å². The lowest BCUT2D eigenvalue weighted by molar-refractivity contribution is -0.166. The highest BCUT2D eigenvalue weighted by atomic mass is 32.1. The first-order valence-electron chi connectivity index (χ1n) is 10.8. The van der Waals surface area contributed by atoms with Crippen LogP contribution < -0.4 is 16.4 Å². The van der Waals surface area contributed by atoms with Crippen molar-refractivity contribution < 1.29 is 45.3 Å². The summed E-state index contributed by atoms with van der Waals surface area (Å²) < 4.78 is 5.32. The monoisotopic (exact) mass is 536 g/mol. The third kappa shape index (κ3) is 6.12. The summed E-state index contributed by atoms with van der Waals surface area (Å²) in [7, 11) is 1.31. The Hall–Kier alpha value is -3.82. The van der Waals surface area contributed by atoms with E-state index in [-0.39, 0.29) is 52.1 Å². The van der Waals surface area contributed by atoms with Gasteiger partial charge in [-0.3, -0.25) is 4.79 Å². The van der Waals surface area contributed by atoms with Crippen molar-refractivity contribution in [1.82, 2.24) is 10.3 Å². The first kappa shape index (κ1) is 27.8. The molecule has 0 saturated heterocycles. The maximum absolute atomic E-state index is 12.2. The molecule has 0 fully saturated rings. The molecule has 0 spiro atoms. The fraction of sp³-hybridized carbons (Fsp3) is 0.304. The number of hydrogen-bond donors (Lipinski definition) is 10. The molecule has 1 aromatic heterocycles. The quantitative estimate of drug-likeness (QED) is 0.0987. The number of methoxy groups -OCH3 is 1. The first-order valence-corrected chi connectivity index (χ1v) is 11.7. The Morgan fingerprint density at radius 3 is 2.27 bits per heavy atom. The topological polar surface area (TPSA) is 231 Å². The van der Waals surface area contributed by atoms with E-state index in [9.17, 15) is 40.5 Å². The van der Waals surface area contributed by atoms with Gasteiger partial charge in [-0.05, 0) is 19.1 Å². The van der Waals surface area contributed by atoms with Crippen molar-refractivity contribution in [2.45, 2.75) is 25.2 Å². The molecule has 3 rings (SSSR count). The van der Waals surface area contributed by atoms with E-state index in [0.29, 0.717) is 5.69 Å². The molecule has 0 aliphatic heterocycles. The SMILES string of the molecule is COC(CNCC(O)(O)c1ccc(NC(=O)Cc2nc(N)sc2O)cc1)c1c(C)c(O)c(O)c(O)c1O. The molecule has 200 valence electrons. The standard InChI is InChI=1S/C23H28N4O9S/c1-10-16(18(30)20(32)19(31)17(10)29)14(36-2)8-25-9-23(34,35)11-3-5-12(6-4-11)26-15(28)7-13-21(33)37-22(24)27-13/h3-6,14,25,29-35H,7-9H2,1-2H3,(H2,24,27)(H,26,28). The van der Waals surface area contributed by atoms with Crippen LogP contribution in [0.4, 0.5) is 10.8 Å². The third-order valence-corrected chi connectivity index (χ3v) is 6.38. The third-order valence-electron chi connectivity index (χ3n) is 5.65. The Morgan fingerprint density at radius 2 is 1.70 bits per heavy atom. The highest BCUT2D eigenvalue weighted by molar-refractivity contribution is 7.17. The molecular weight excluding hydrogens is 508 g/mol. The Balaban J connectivity index is 1.61. The van der Waals surface area contributed by atoms with Crippen LogP contribution in [0, 0.1) is 6.92 Å². The van der Waals surface area contributed by atoms with Crippen molar-refractivity contribution in [2.24, 2.45) is 0 Å². The van der Waals surface area contributed by atoms with Gasteiger partial charge in [0, 0.05) is 36.0 Å². The molecule has 0 saturated carbocycles. The Kier molecular flexibility index (Phi) is 8.30. The summed E-state index contributed by atoms with van der Waals surface area (Å²) in [6.07, 6.45) is -1.13. The van der Waals surface area contributed by atoms with Crippen LogP contribution in [0.3, 0.4) is 0 Å². The number of phenols is 4.